The highest BCUT2D eigenvalue weighted by Crippen LogP contribution is 2.36. The van der Waals surface area contributed by atoms with E-state index >= 15 is 0 Å². The van der Waals surface area contributed by atoms with Crippen LogP contribution in [0.25, 0.3) is 10.6 Å². The van der Waals surface area contributed by atoms with E-state index in [1.807, 2.05) is 39.0 Å². The van der Waals surface area contributed by atoms with Gasteiger partial charge in [-0.2, -0.15) is 5.26 Å². The van der Waals surface area contributed by atoms with Gasteiger partial charge < -0.3 is 9.47 Å². The van der Waals surface area contributed by atoms with Gasteiger partial charge in [0.25, 0.3) is 0 Å². The minimum absolute atomic E-state index is 0.231. The molecular formula is C16H18N2O2S. The number of hydrogen-bond acceptors (Lipinski definition) is 5. The number of nitriles is 1. The Labute approximate surface area is 129 Å². The molecule has 0 fully saturated rings. The molecule has 5 heteroatoms. The second-order valence-corrected chi connectivity index (χ2v) is 5.80. The lowest BCUT2D eigenvalue weighted by Crippen LogP contribution is -1.95. The molecule has 21 heavy (non-hydrogen) atoms. The molecule has 0 bridgehead atoms. The zero-order valence-corrected chi connectivity index (χ0v) is 13.5. The summed E-state index contributed by atoms with van der Waals surface area (Å²) in [5.41, 5.74) is 1.79. The van der Waals surface area contributed by atoms with E-state index < -0.39 is 0 Å². The number of aromatic nitrogens is 1. The molecule has 1 aromatic carbocycles. The predicted molar refractivity (Wildman–Crippen MR) is 84.1 cm³/mol. The third kappa shape index (κ3) is 3.17. The van der Waals surface area contributed by atoms with Gasteiger partial charge in [0.15, 0.2) is 11.5 Å². The maximum Gasteiger partial charge on any atom is 0.161 e. The Morgan fingerprint density at radius 2 is 2.10 bits per heavy atom. The van der Waals surface area contributed by atoms with Crippen LogP contribution in [0.5, 0.6) is 11.5 Å². The Bertz CT molecular complexity index is 671. The largest absolute Gasteiger partial charge is 0.493 e. The Hall–Kier alpha value is -2.06. The average molecular weight is 302 g/mol. The minimum atomic E-state index is 0.231. The number of benzene rings is 1. The van der Waals surface area contributed by atoms with Crippen molar-refractivity contribution in [3.8, 4) is 28.1 Å². The van der Waals surface area contributed by atoms with E-state index in [1.54, 1.807) is 7.11 Å². The molecule has 0 N–H and O–H groups in total. The fourth-order valence-corrected chi connectivity index (χ4v) is 3.02. The average Bonchev–Trinajstić information content (AvgIpc) is 2.92. The van der Waals surface area contributed by atoms with Crippen molar-refractivity contribution in [1.82, 2.24) is 4.98 Å². The van der Waals surface area contributed by atoms with Crippen LogP contribution >= 0.6 is 11.3 Å². The van der Waals surface area contributed by atoms with Crippen LogP contribution in [-0.4, -0.2) is 18.7 Å². The highest BCUT2D eigenvalue weighted by atomic mass is 32.1. The summed E-state index contributed by atoms with van der Waals surface area (Å²) in [4.78, 5) is 5.28. The summed E-state index contributed by atoms with van der Waals surface area (Å²) in [5, 5.41) is 10.0. The van der Waals surface area contributed by atoms with Crippen molar-refractivity contribution < 1.29 is 9.47 Å². The molecule has 0 spiro atoms. The number of thiazole rings is 1. The van der Waals surface area contributed by atoms with Crippen molar-refractivity contribution in [1.29, 1.82) is 5.26 Å². The van der Waals surface area contributed by atoms with Gasteiger partial charge in [0, 0.05) is 5.56 Å². The summed E-state index contributed by atoms with van der Waals surface area (Å²) in [6, 6.07) is 7.94. The predicted octanol–water partition coefficient (Wildman–Crippen LogP) is 4.21. The summed E-state index contributed by atoms with van der Waals surface area (Å²) in [6.45, 7) is 6.60. The fourth-order valence-electron chi connectivity index (χ4n) is 2.00. The van der Waals surface area contributed by atoms with Gasteiger partial charge in [-0.3, -0.25) is 0 Å². The van der Waals surface area contributed by atoms with Crippen molar-refractivity contribution >= 4 is 11.3 Å². The summed E-state index contributed by atoms with van der Waals surface area (Å²) >= 11 is 1.41. The Balaban J connectivity index is 2.45. The quantitative estimate of drug-likeness (QED) is 0.830. The van der Waals surface area contributed by atoms with Crippen LogP contribution in [0.2, 0.25) is 0 Å². The third-order valence-electron chi connectivity index (χ3n) is 3.01. The van der Waals surface area contributed by atoms with Gasteiger partial charge in [0.1, 0.15) is 16.0 Å². The van der Waals surface area contributed by atoms with E-state index in [0.29, 0.717) is 23.0 Å². The van der Waals surface area contributed by atoms with Gasteiger partial charge in [-0.1, -0.05) is 13.8 Å². The van der Waals surface area contributed by atoms with Crippen LogP contribution in [0.15, 0.2) is 18.2 Å². The minimum Gasteiger partial charge on any atom is -0.493 e. The van der Waals surface area contributed by atoms with E-state index in [2.05, 4.69) is 11.1 Å². The van der Waals surface area contributed by atoms with Crippen molar-refractivity contribution in [3.05, 3.63) is 28.8 Å². The number of rotatable bonds is 5. The Morgan fingerprint density at radius 3 is 2.62 bits per heavy atom. The Morgan fingerprint density at radius 1 is 1.33 bits per heavy atom. The molecule has 1 aromatic heterocycles. The van der Waals surface area contributed by atoms with Crippen molar-refractivity contribution in [2.24, 2.45) is 0 Å². The van der Waals surface area contributed by atoms with E-state index in [0.717, 1.165) is 16.3 Å². The zero-order chi connectivity index (χ0) is 15.4. The van der Waals surface area contributed by atoms with Crippen molar-refractivity contribution in [3.63, 3.8) is 0 Å². The first-order valence-corrected chi connectivity index (χ1v) is 7.64. The van der Waals surface area contributed by atoms with Crippen molar-refractivity contribution in [2.75, 3.05) is 13.7 Å². The SMILES string of the molecule is CCOc1ccc(-c2nc(C(C)C)c(C#N)s2)cc1OC. The molecule has 110 valence electrons. The maximum absolute atomic E-state index is 9.22. The summed E-state index contributed by atoms with van der Waals surface area (Å²) < 4.78 is 10.9. The molecule has 0 amide bonds. The number of ether oxygens (including phenoxy) is 2. The number of nitrogens with zero attached hydrogens (tertiary/aromatic N) is 2. The monoisotopic (exact) mass is 302 g/mol. The second kappa shape index (κ2) is 6.59. The molecule has 2 aromatic rings. The van der Waals surface area contributed by atoms with E-state index in [-0.39, 0.29) is 5.92 Å². The van der Waals surface area contributed by atoms with Crippen LogP contribution in [0.3, 0.4) is 0 Å². The first kappa shape index (κ1) is 15.3. The lowest BCUT2D eigenvalue weighted by Gasteiger charge is -2.09. The lowest BCUT2D eigenvalue weighted by molar-refractivity contribution is 0.311. The second-order valence-electron chi connectivity index (χ2n) is 4.80. The van der Waals surface area contributed by atoms with E-state index in [4.69, 9.17) is 9.47 Å². The van der Waals surface area contributed by atoms with Crippen LogP contribution in [0.4, 0.5) is 0 Å². The summed E-state index contributed by atoms with van der Waals surface area (Å²) in [5.74, 6) is 1.62. The summed E-state index contributed by atoms with van der Waals surface area (Å²) in [6.07, 6.45) is 0. The summed E-state index contributed by atoms with van der Waals surface area (Å²) in [7, 11) is 1.61. The van der Waals surface area contributed by atoms with Crippen LogP contribution in [0.1, 0.15) is 37.3 Å². The molecule has 0 unspecified atom stereocenters. The first-order chi connectivity index (χ1) is 10.1. The van der Waals surface area contributed by atoms with Gasteiger partial charge in [-0.05, 0) is 31.0 Å². The molecule has 4 nitrogen and oxygen atoms in total. The van der Waals surface area contributed by atoms with E-state index in [1.165, 1.54) is 11.3 Å². The molecule has 0 saturated carbocycles. The molecule has 0 saturated heterocycles. The molecule has 0 radical (unpaired) electrons. The normalized spacial score (nSPS) is 10.5. The number of methoxy groups -OCH3 is 1. The smallest absolute Gasteiger partial charge is 0.161 e. The molecule has 0 aliphatic rings. The first-order valence-electron chi connectivity index (χ1n) is 6.82. The highest BCUT2D eigenvalue weighted by Gasteiger charge is 2.16. The van der Waals surface area contributed by atoms with Gasteiger partial charge in [-0.25, -0.2) is 4.98 Å². The molecule has 0 aliphatic carbocycles. The zero-order valence-electron chi connectivity index (χ0n) is 12.6. The molecular weight excluding hydrogens is 284 g/mol. The lowest BCUT2D eigenvalue weighted by atomic mass is 10.1. The maximum atomic E-state index is 9.22. The van der Waals surface area contributed by atoms with Gasteiger partial charge in [0.2, 0.25) is 0 Å². The van der Waals surface area contributed by atoms with Crippen LogP contribution < -0.4 is 9.47 Å². The van der Waals surface area contributed by atoms with Gasteiger partial charge >= 0.3 is 0 Å². The van der Waals surface area contributed by atoms with Gasteiger partial charge in [0.05, 0.1) is 19.4 Å². The Kier molecular flexibility index (Phi) is 4.81. The van der Waals surface area contributed by atoms with Crippen molar-refractivity contribution in [2.45, 2.75) is 26.7 Å². The molecule has 0 atom stereocenters. The molecule has 1 heterocycles. The molecule has 2 rings (SSSR count). The standard InChI is InChI=1S/C16H18N2O2S/c1-5-20-12-7-6-11(8-13(12)19-4)16-18-15(10(2)3)14(9-17)21-16/h6-8,10H,5H2,1-4H3. The molecule has 0 aliphatic heterocycles. The number of hydrogen-bond donors (Lipinski definition) is 0. The highest BCUT2D eigenvalue weighted by molar-refractivity contribution is 7.15. The van der Waals surface area contributed by atoms with Crippen LogP contribution in [0, 0.1) is 11.3 Å². The van der Waals surface area contributed by atoms with E-state index in [9.17, 15) is 5.26 Å². The topological polar surface area (TPSA) is 55.1 Å². The fraction of sp³-hybridized carbons (Fsp3) is 0.375. The van der Waals surface area contributed by atoms with Crippen LogP contribution in [-0.2, 0) is 0 Å². The third-order valence-corrected chi connectivity index (χ3v) is 4.04. The van der Waals surface area contributed by atoms with Gasteiger partial charge in [-0.15, -0.1) is 11.3 Å².